The van der Waals surface area contributed by atoms with Crippen molar-refractivity contribution in [2.45, 2.75) is 30.7 Å². The van der Waals surface area contributed by atoms with Crippen molar-refractivity contribution < 1.29 is 5.11 Å². The van der Waals surface area contributed by atoms with Gasteiger partial charge in [-0.1, -0.05) is 24.3 Å². The number of alkyl halides is 1. The smallest absolute Gasteiger partial charge is 0.103 e. The Morgan fingerprint density at radius 1 is 1.46 bits per heavy atom. The molecule has 0 aromatic heterocycles. The van der Waals surface area contributed by atoms with Gasteiger partial charge in [-0.15, -0.1) is 11.6 Å². The first-order chi connectivity index (χ1) is 6.12. The van der Waals surface area contributed by atoms with Crippen LogP contribution >= 0.6 is 11.6 Å². The molecular formula is C11H13ClO. The lowest BCUT2D eigenvalue weighted by molar-refractivity contribution is 0.0431. The monoisotopic (exact) mass is 196 g/mol. The van der Waals surface area contributed by atoms with Crippen molar-refractivity contribution in [3.05, 3.63) is 35.4 Å². The second-order valence-corrected chi connectivity index (χ2v) is 4.34. The molecule has 0 saturated carbocycles. The number of fused-ring (bicyclic) bond motifs is 1. The Labute approximate surface area is 83.3 Å². The van der Waals surface area contributed by atoms with Gasteiger partial charge in [0.15, 0.2) is 0 Å². The van der Waals surface area contributed by atoms with E-state index in [-0.39, 0.29) is 5.38 Å². The molecule has 13 heavy (non-hydrogen) atoms. The van der Waals surface area contributed by atoms with E-state index in [1.165, 1.54) is 5.56 Å². The van der Waals surface area contributed by atoms with Crippen LogP contribution in [0.4, 0.5) is 0 Å². The van der Waals surface area contributed by atoms with Gasteiger partial charge in [0, 0.05) is 0 Å². The van der Waals surface area contributed by atoms with Crippen molar-refractivity contribution in [1.82, 2.24) is 0 Å². The molecule has 0 saturated heterocycles. The fourth-order valence-corrected chi connectivity index (χ4v) is 2.19. The van der Waals surface area contributed by atoms with Crippen molar-refractivity contribution in [3.8, 4) is 0 Å². The van der Waals surface area contributed by atoms with Gasteiger partial charge in [-0.05, 0) is 30.9 Å². The zero-order chi connectivity index (χ0) is 9.47. The van der Waals surface area contributed by atoms with Crippen molar-refractivity contribution in [2.75, 3.05) is 0 Å². The quantitative estimate of drug-likeness (QED) is 0.632. The first-order valence-corrected chi connectivity index (χ1v) is 5.01. The highest BCUT2D eigenvalue weighted by molar-refractivity contribution is 6.21. The Balaban J connectivity index is 2.52. The average Bonchev–Trinajstić information content (AvgIpc) is 2.13. The Morgan fingerprint density at radius 3 is 2.92 bits per heavy atom. The molecule has 70 valence electrons. The lowest BCUT2D eigenvalue weighted by Crippen LogP contribution is -2.37. The lowest BCUT2D eigenvalue weighted by atomic mass is 9.80. The van der Waals surface area contributed by atoms with Gasteiger partial charge in [0.05, 0.1) is 5.38 Å². The molecule has 1 aromatic carbocycles. The third-order valence-corrected chi connectivity index (χ3v) is 3.48. The van der Waals surface area contributed by atoms with Crippen molar-refractivity contribution >= 4 is 11.6 Å². The summed E-state index contributed by atoms with van der Waals surface area (Å²) in [5, 5.41) is 10.00. The van der Waals surface area contributed by atoms with Gasteiger partial charge in [0.25, 0.3) is 0 Å². The molecule has 2 rings (SSSR count). The SMILES string of the molecule is CC1(O)c2ccccc2CCC1Cl. The van der Waals surface area contributed by atoms with Crippen LogP contribution in [0.25, 0.3) is 0 Å². The molecule has 0 radical (unpaired) electrons. The van der Waals surface area contributed by atoms with Crippen LogP contribution in [0.5, 0.6) is 0 Å². The van der Waals surface area contributed by atoms with Crippen LogP contribution in [-0.4, -0.2) is 10.5 Å². The molecule has 2 heteroatoms. The average molecular weight is 197 g/mol. The molecular weight excluding hydrogens is 184 g/mol. The van der Waals surface area contributed by atoms with Gasteiger partial charge >= 0.3 is 0 Å². The van der Waals surface area contributed by atoms with E-state index in [9.17, 15) is 5.11 Å². The van der Waals surface area contributed by atoms with Crippen LogP contribution in [0.15, 0.2) is 24.3 Å². The standard InChI is InChI=1S/C11H13ClO/c1-11(13)9-5-3-2-4-8(9)6-7-10(11)12/h2-5,10,13H,6-7H2,1H3. The van der Waals surface area contributed by atoms with Crippen LogP contribution in [0.1, 0.15) is 24.5 Å². The third-order valence-electron chi connectivity index (χ3n) is 2.84. The fourth-order valence-electron chi connectivity index (χ4n) is 1.96. The Bertz CT molecular complexity index is 320. The van der Waals surface area contributed by atoms with Gasteiger partial charge in [-0.25, -0.2) is 0 Å². The summed E-state index contributed by atoms with van der Waals surface area (Å²) in [5.41, 5.74) is 1.35. The first kappa shape index (κ1) is 9.04. The molecule has 0 amide bonds. The van der Waals surface area contributed by atoms with Crippen LogP contribution in [0.3, 0.4) is 0 Å². The number of rotatable bonds is 0. The van der Waals surface area contributed by atoms with Gasteiger partial charge in [-0.2, -0.15) is 0 Å². The van der Waals surface area contributed by atoms with Crippen molar-refractivity contribution in [2.24, 2.45) is 0 Å². The second-order valence-electron chi connectivity index (χ2n) is 3.81. The second kappa shape index (κ2) is 3.00. The summed E-state index contributed by atoms with van der Waals surface area (Å²) in [6.45, 7) is 1.79. The maximum Gasteiger partial charge on any atom is 0.103 e. The molecule has 0 heterocycles. The molecule has 2 unspecified atom stereocenters. The minimum Gasteiger partial charge on any atom is -0.384 e. The number of aryl methyl sites for hydroxylation is 1. The van der Waals surface area contributed by atoms with E-state index in [0.717, 1.165) is 18.4 Å². The maximum atomic E-state index is 10.2. The van der Waals surface area contributed by atoms with E-state index < -0.39 is 5.60 Å². The highest BCUT2D eigenvalue weighted by Crippen LogP contribution is 2.37. The molecule has 1 aliphatic carbocycles. The highest BCUT2D eigenvalue weighted by atomic mass is 35.5. The Kier molecular flexibility index (Phi) is 2.09. The number of benzene rings is 1. The lowest BCUT2D eigenvalue weighted by Gasteiger charge is -2.35. The molecule has 0 aliphatic heterocycles. The van der Waals surface area contributed by atoms with E-state index in [1.54, 1.807) is 6.92 Å². The van der Waals surface area contributed by atoms with E-state index in [0.29, 0.717) is 0 Å². The van der Waals surface area contributed by atoms with Gasteiger partial charge in [0.1, 0.15) is 5.60 Å². The predicted octanol–water partition coefficient (Wildman–Crippen LogP) is 2.45. The summed E-state index contributed by atoms with van der Waals surface area (Å²) in [7, 11) is 0. The van der Waals surface area contributed by atoms with Crippen molar-refractivity contribution in [1.29, 1.82) is 0 Å². The first-order valence-electron chi connectivity index (χ1n) is 4.57. The molecule has 1 N–H and O–H groups in total. The highest BCUT2D eigenvalue weighted by Gasteiger charge is 2.36. The molecule has 2 atom stereocenters. The van der Waals surface area contributed by atoms with E-state index in [4.69, 9.17) is 11.6 Å². The van der Waals surface area contributed by atoms with Gasteiger partial charge in [0.2, 0.25) is 0 Å². The van der Waals surface area contributed by atoms with Crippen LogP contribution in [0.2, 0.25) is 0 Å². The minimum absolute atomic E-state index is 0.164. The summed E-state index contributed by atoms with van der Waals surface area (Å²) in [4.78, 5) is 0. The number of aliphatic hydroxyl groups is 1. The maximum absolute atomic E-state index is 10.2. The Hall–Kier alpha value is -0.530. The zero-order valence-corrected chi connectivity index (χ0v) is 8.38. The van der Waals surface area contributed by atoms with E-state index >= 15 is 0 Å². The summed E-state index contributed by atoms with van der Waals surface area (Å²) in [6, 6.07) is 7.97. The number of hydrogen-bond acceptors (Lipinski definition) is 1. The number of hydrogen-bond donors (Lipinski definition) is 1. The third kappa shape index (κ3) is 1.36. The summed E-state index contributed by atoms with van der Waals surface area (Å²) >= 11 is 6.09. The van der Waals surface area contributed by atoms with Crippen LogP contribution in [-0.2, 0) is 12.0 Å². The van der Waals surface area contributed by atoms with E-state index in [2.05, 4.69) is 6.07 Å². The molecule has 0 fully saturated rings. The molecule has 1 aliphatic rings. The predicted molar refractivity (Wildman–Crippen MR) is 54.0 cm³/mol. The van der Waals surface area contributed by atoms with Crippen LogP contribution in [0, 0.1) is 0 Å². The van der Waals surface area contributed by atoms with Gasteiger partial charge < -0.3 is 5.11 Å². The van der Waals surface area contributed by atoms with Crippen LogP contribution < -0.4 is 0 Å². The van der Waals surface area contributed by atoms with E-state index in [1.807, 2.05) is 18.2 Å². The summed E-state index contributed by atoms with van der Waals surface area (Å²) < 4.78 is 0. The van der Waals surface area contributed by atoms with Gasteiger partial charge in [-0.3, -0.25) is 0 Å². The molecule has 0 bridgehead atoms. The topological polar surface area (TPSA) is 20.2 Å². The molecule has 0 spiro atoms. The summed E-state index contributed by atoms with van der Waals surface area (Å²) in [5.74, 6) is 0. The minimum atomic E-state index is -0.865. The molecule has 1 aromatic rings. The van der Waals surface area contributed by atoms with Crippen molar-refractivity contribution in [3.63, 3.8) is 0 Å². The largest absolute Gasteiger partial charge is 0.384 e. The fraction of sp³-hybridized carbons (Fsp3) is 0.455. The Morgan fingerprint density at radius 2 is 2.15 bits per heavy atom. The summed E-state index contributed by atoms with van der Waals surface area (Å²) in [6.07, 6.45) is 1.83. The molecule has 1 nitrogen and oxygen atoms in total. The zero-order valence-electron chi connectivity index (χ0n) is 7.63. The number of halogens is 1. The normalized spacial score (nSPS) is 32.7.